The van der Waals surface area contributed by atoms with E-state index in [1.165, 1.54) is 16.8 Å². The van der Waals surface area contributed by atoms with E-state index in [4.69, 9.17) is 11.6 Å². The van der Waals surface area contributed by atoms with Gasteiger partial charge >= 0.3 is 0 Å². The van der Waals surface area contributed by atoms with Crippen LogP contribution in [0.3, 0.4) is 0 Å². The Hall–Kier alpha value is -1.67. The molecule has 0 bridgehead atoms. The molecule has 0 radical (unpaired) electrons. The minimum Gasteiger partial charge on any atom is -0.378 e. The molecular formula is C17H21ClN2. The SMILES string of the molecule is Cc1ccc(NC(C)c2cccc(Cl)c2)cc1N(C)C. The van der Waals surface area contributed by atoms with Crippen LogP contribution in [-0.2, 0) is 0 Å². The van der Waals surface area contributed by atoms with Crippen LogP contribution in [-0.4, -0.2) is 14.1 Å². The van der Waals surface area contributed by atoms with E-state index in [9.17, 15) is 0 Å². The molecule has 0 amide bonds. The lowest BCUT2D eigenvalue weighted by Gasteiger charge is -2.20. The van der Waals surface area contributed by atoms with E-state index in [-0.39, 0.29) is 6.04 Å². The quantitative estimate of drug-likeness (QED) is 0.862. The summed E-state index contributed by atoms with van der Waals surface area (Å²) in [4.78, 5) is 2.13. The van der Waals surface area contributed by atoms with Crippen LogP contribution >= 0.6 is 11.6 Å². The summed E-state index contributed by atoms with van der Waals surface area (Å²) in [6.07, 6.45) is 0. The van der Waals surface area contributed by atoms with Gasteiger partial charge in [0.2, 0.25) is 0 Å². The summed E-state index contributed by atoms with van der Waals surface area (Å²) in [6, 6.07) is 14.6. The molecule has 0 spiro atoms. The molecule has 20 heavy (non-hydrogen) atoms. The smallest absolute Gasteiger partial charge is 0.0486 e. The highest BCUT2D eigenvalue weighted by Gasteiger charge is 2.08. The highest BCUT2D eigenvalue weighted by atomic mass is 35.5. The summed E-state index contributed by atoms with van der Waals surface area (Å²) >= 11 is 6.05. The molecule has 2 aromatic carbocycles. The molecule has 0 heterocycles. The molecular weight excluding hydrogens is 268 g/mol. The summed E-state index contributed by atoms with van der Waals surface area (Å²) < 4.78 is 0. The molecule has 1 N–H and O–H groups in total. The summed E-state index contributed by atoms with van der Waals surface area (Å²) in [7, 11) is 4.12. The Morgan fingerprint density at radius 1 is 1.10 bits per heavy atom. The van der Waals surface area contributed by atoms with Crippen molar-refractivity contribution in [1.29, 1.82) is 0 Å². The van der Waals surface area contributed by atoms with E-state index in [1.54, 1.807) is 0 Å². The summed E-state index contributed by atoms with van der Waals surface area (Å²) in [5.41, 5.74) is 4.81. The first kappa shape index (κ1) is 14.7. The normalized spacial score (nSPS) is 12.1. The fourth-order valence-electron chi connectivity index (χ4n) is 2.29. The number of halogens is 1. The maximum atomic E-state index is 6.05. The van der Waals surface area contributed by atoms with Gasteiger partial charge in [-0.2, -0.15) is 0 Å². The van der Waals surface area contributed by atoms with Crippen LogP contribution in [0.1, 0.15) is 24.1 Å². The fraction of sp³-hybridized carbons (Fsp3) is 0.294. The number of rotatable bonds is 4. The standard InChI is InChI=1S/C17H21ClN2/c1-12-8-9-16(11-17(12)20(3)4)19-13(2)14-6-5-7-15(18)10-14/h5-11,13,19H,1-4H3. The van der Waals surface area contributed by atoms with E-state index in [0.29, 0.717) is 0 Å². The van der Waals surface area contributed by atoms with E-state index >= 15 is 0 Å². The first-order chi connectivity index (χ1) is 9.47. The summed E-state index contributed by atoms with van der Waals surface area (Å²) in [5, 5.41) is 4.29. The van der Waals surface area contributed by atoms with Crippen LogP contribution < -0.4 is 10.2 Å². The van der Waals surface area contributed by atoms with Crippen LogP contribution in [0.4, 0.5) is 11.4 Å². The zero-order valence-electron chi connectivity index (χ0n) is 12.4. The highest BCUT2D eigenvalue weighted by Crippen LogP contribution is 2.26. The van der Waals surface area contributed by atoms with Gasteiger partial charge in [0.25, 0.3) is 0 Å². The monoisotopic (exact) mass is 288 g/mol. The Labute approximate surface area is 126 Å². The number of hydrogen-bond acceptors (Lipinski definition) is 2. The molecule has 3 heteroatoms. The molecule has 0 saturated carbocycles. The van der Waals surface area contributed by atoms with Gasteiger partial charge in [-0.3, -0.25) is 0 Å². The van der Waals surface area contributed by atoms with Gasteiger partial charge in [-0.15, -0.1) is 0 Å². The Balaban J connectivity index is 2.19. The minimum atomic E-state index is 0.214. The van der Waals surface area contributed by atoms with E-state index in [1.807, 2.05) is 18.2 Å². The maximum Gasteiger partial charge on any atom is 0.0486 e. The van der Waals surface area contributed by atoms with Crippen molar-refractivity contribution in [2.45, 2.75) is 19.9 Å². The van der Waals surface area contributed by atoms with Crippen LogP contribution in [0.2, 0.25) is 5.02 Å². The summed E-state index contributed by atoms with van der Waals surface area (Å²) in [5.74, 6) is 0. The number of nitrogens with zero attached hydrogens (tertiary/aromatic N) is 1. The van der Waals surface area contributed by atoms with Crippen molar-refractivity contribution >= 4 is 23.0 Å². The van der Waals surface area contributed by atoms with Gasteiger partial charge in [0, 0.05) is 36.5 Å². The molecule has 0 fully saturated rings. The number of anilines is 2. The van der Waals surface area contributed by atoms with Crippen molar-refractivity contribution in [2.24, 2.45) is 0 Å². The number of nitrogens with one attached hydrogen (secondary N) is 1. The predicted molar refractivity (Wildman–Crippen MR) is 89.0 cm³/mol. The predicted octanol–water partition coefficient (Wildman–Crippen LogP) is 4.89. The Bertz CT molecular complexity index is 593. The number of hydrogen-bond donors (Lipinski definition) is 1. The molecule has 1 atom stereocenters. The second-order valence-electron chi connectivity index (χ2n) is 5.32. The average Bonchev–Trinajstić information content (AvgIpc) is 2.40. The van der Waals surface area contributed by atoms with Gasteiger partial charge in [0.15, 0.2) is 0 Å². The zero-order chi connectivity index (χ0) is 14.7. The highest BCUT2D eigenvalue weighted by molar-refractivity contribution is 6.30. The lowest BCUT2D eigenvalue weighted by Crippen LogP contribution is -2.12. The van der Waals surface area contributed by atoms with E-state index in [2.05, 4.69) is 62.4 Å². The van der Waals surface area contributed by atoms with Crippen molar-refractivity contribution < 1.29 is 0 Å². The molecule has 0 aliphatic heterocycles. The largest absolute Gasteiger partial charge is 0.378 e. The molecule has 0 aliphatic carbocycles. The van der Waals surface area contributed by atoms with Gasteiger partial charge in [-0.05, 0) is 49.2 Å². The van der Waals surface area contributed by atoms with Crippen molar-refractivity contribution in [2.75, 3.05) is 24.3 Å². The summed E-state index contributed by atoms with van der Waals surface area (Å²) in [6.45, 7) is 4.26. The molecule has 1 unspecified atom stereocenters. The van der Waals surface area contributed by atoms with Crippen molar-refractivity contribution in [1.82, 2.24) is 0 Å². The van der Waals surface area contributed by atoms with Gasteiger partial charge in [-0.1, -0.05) is 29.8 Å². The first-order valence-corrected chi connectivity index (χ1v) is 7.15. The molecule has 106 valence electrons. The Morgan fingerprint density at radius 3 is 2.50 bits per heavy atom. The third-order valence-corrected chi connectivity index (χ3v) is 3.66. The maximum absolute atomic E-state index is 6.05. The minimum absolute atomic E-state index is 0.214. The Kier molecular flexibility index (Phi) is 4.56. The molecule has 2 rings (SSSR count). The second kappa shape index (κ2) is 6.19. The van der Waals surface area contributed by atoms with E-state index in [0.717, 1.165) is 10.7 Å². The van der Waals surface area contributed by atoms with Gasteiger partial charge < -0.3 is 10.2 Å². The lowest BCUT2D eigenvalue weighted by molar-refractivity contribution is 0.884. The molecule has 2 aromatic rings. The van der Waals surface area contributed by atoms with Crippen molar-refractivity contribution in [3.05, 3.63) is 58.6 Å². The van der Waals surface area contributed by atoms with Gasteiger partial charge in [0.1, 0.15) is 0 Å². The number of aryl methyl sites for hydroxylation is 1. The van der Waals surface area contributed by atoms with Gasteiger partial charge in [0.05, 0.1) is 0 Å². The first-order valence-electron chi connectivity index (χ1n) is 6.77. The molecule has 2 nitrogen and oxygen atoms in total. The van der Waals surface area contributed by atoms with Crippen LogP contribution in [0.15, 0.2) is 42.5 Å². The van der Waals surface area contributed by atoms with Crippen LogP contribution in [0.25, 0.3) is 0 Å². The fourth-order valence-corrected chi connectivity index (χ4v) is 2.49. The lowest BCUT2D eigenvalue weighted by atomic mass is 10.1. The molecule has 0 saturated heterocycles. The van der Waals surface area contributed by atoms with Crippen LogP contribution in [0, 0.1) is 6.92 Å². The van der Waals surface area contributed by atoms with E-state index < -0.39 is 0 Å². The third-order valence-electron chi connectivity index (χ3n) is 3.42. The molecule has 0 aromatic heterocycles. The average molecular weight is 289 g/mol. The van der Waals surface area contributed by atoms with Crippen LogP contribution in [0.5, 0.6) is 0 Å². The van der Waals surface area contributed by atoms with Crippen molar-refractivity contribution in [3.8, 4) is 0 Å². The number of benzene rings is 2. The second-order valence-corrected chi connectivity index (χ2v) is 5.75. The Morgan fingerprint density at radius 2 is 1.85 bits per heavy atom. The topological polar surface area (TPSA) is 15.3 Å². The van der Waals surface area contributed by atoms with Crippen molar-refractivity contribution in [3.63, 3.8) is 0 Å². The van der Waals surface area contributed by atoms with Gasteiger partial charge in [-0.25, -0.2) is 0 Å². The molecule has 0 aliphatic rings. The zero-order valence-corrected chi connectivity index (χ0v) is 13.2. The third kappa shape index (κ3) is 3.45.